The molecule has 0 aromatic heterocycles. The Morgan fingerprint density at radius 1 is 0.800 bits per heavy atom. The minimum absolute atomic E-state index is 0.236. The lowest BCUT2D eigenvalue weighted by Gasteiger charge is -2.12. The third-order valence-corrected chi connectivity index (χ3v) is 5.28. The number of benzene rings is 2. The lowest BCUT2D eigenvalue weighted by molar-refractivity contribution is -0.138. The monoisotopic (exact) mass is 480 g/mol. The number of para-hydroxylation sites is 1. The molecule has 0 unspecified atom stereocenters. The highest BCUT2D eigenvalue weighted by molar-refractivity contribution is 5.83. The van der Waals surface area contributed by atoms with Gasteiger partial charge in [0.2, 0.25) is 0 Å². The molecule has 0 N–H and O–H groups in total. The molecule has 0 saturated heterocycles. The molecule has 2 rings (SSSR count). The van der Waals surface area contributed by atoms with Crippen molar-refractivity contribution in [2.45, 2.75) is 65.2 Å². The molecule has 0 fully saturated rings. The van der Waals surface area contributed by atoms with Gasteiger partial charge in [-0.1, -0.05) is 88.9 Å². The Morgan fingerprint density at radius 3 is 2.11 bits per heavy atom. The van der Waals surface area contributed by atoms with Crippen molar-refractivity contribution in [2.75, 3.05) is 13.2 Å². The number of esters is 2. The Kier molecular flexibility index (Phi) is 16.1. The summed E-state index contributed by atoms with van der Waals surface area (Å²) in [4.78, 5) is 22.0. The van der Waals surface area contributed by atoms with E-state index in [1.165, 1.54) is 50.2 Å². The molecule has 0 aliphatic heterocycles. The van der Waals surface area contributed by atoms with Crippen molar-refractivity contribution < 1.29 is 23.8 Å². The van der Waals surface area contributed by atoms with E-state index in [-0.39, 0.29) is 12.6 Å². The maximum atomic E-state index is 11.4. The number of aryl methyl sites for hydroxylation is 1. The van der Waals surface area contributed by atoms with E-state index in [0.29, 0.717) is 12.4 Å². The molecule has 5 nitrogen and oxygen atoms in total. The van der Waals surface area contributed by atoms with Crippen LogP contribution in [0.25, 0.3) is 0 Å². The summed E-state index contributed by atoms with van der Waals surface area (Å²) in [6.07, 6.45) is 12.3. The Bertz CT molecular complexity index is 889. The second kappa shape index (κ2) is 19.0. The molecule has 2 aromatic carbocycles. The van der Waals surface area contributed by atoms with Gasteiger partial charge in [0.25, 0.3) is 0 Å². The summed E-state index contributed by atoms with van der Waals surface area (Å²) in [5.74, 6) is 0.635. The summed E-state index contributed by atoms with van der Waals surface area (Å²) in [5.41, 5.74) is 2.34. The molecular weight excluding hydrogens is 440 g/mol. The summed E-state index contributed by atoms with van der Waals surface area (Å²) >= 11 is 0. The van der Waals surface area contributed by atoms with Gasteiger partial charge >= 0.3 is 11.9 Å². The minimum Gasteiger partial charge on any atom is -0.490 e. The van der Waals surface area contributed by atoms with Crippen LogP contribution in [0, 0.1) is 6.92 Å². The van der Waals surface area contributed by atoms with Crippen LogP contribution in [-0.2, 0) is 20.7 Å². The smallest absolute Gasteiger partial charge is 0.335 e. The predicted molar refractivity (Wildman–Crippen MR) is 142 cm³/mol. The first-order valence-corrected chi connectivity index (χ1v) is 12.4. The number of unbranched alkanes of at least 4 members (excludes halogenated alkanes) is 6. The third kappa shape index (κ3) is 13.8. The van der Waals surface area contributed by atoms with Crippen molar-refractivity contribution in [3.8, 4) is 11.5 Å². The van der Waals surface area contributed by atoms with Crippen LogP contribution >= 0.6 is 0 Å². The molecule has 190 valence electrons. The molecule has 0 amide bonds. The van der Waals surface area contributed by atoms with Crippen LogP contribution in [0.2, 0.25) is 0 Å². The van der Waals surface area contributed by atoms with Gasteiger partial charge in [-0.2, -0.15) is 0 Å². The van der Waals surface area contributed by atoms with Crippen molar-refractivity contribution in [2.24, 2.45) is 0 Å². The lowest BCUT2D eigenvalue weighted by Crippen LogP contribution is -2.09. The Morgan fingerprint density at radius 2 is 1.46 bits per heavy atom. The summed E-state index contributed by atoms with van der Waals surface area (Å²) in [6, 6.07) is 15.2. The number of hydrogen-bond donors (Lipinski definition) is 0. The number of rotatable bonds is 15. The van der Waals surface area contributed by atoms with E-state index >= 15 is 0 Å². The quantitative estimate of drug-likeness (QED) is 0.117. The van der Waals surface area contributed by atoms with Gasteiger partial charge < -0.3 is 14.2 Å². The summed E-state index contributed by atoms with van der Waals surface area (Å²) in [6.45, 7) is 11.6. The van der Waals surface area contributed by atoms with Gasteiger partial charge in [0.15, 0.2) is 0 Å². The van der Waals surface area contributed by atoms with Crippen molar-refractivity contribution in [3.05, 3.63) is 85.0 Å². The first kappa shape index (κ1) is 29.7. The highest BCUT2D eigenvalue weighted by Gasteiger charge is 2.09. The average Bonchev–Trinajstić information content (AvgIpc) is 2.88. The molecule has 0 bridgehead atoms. The molecule has 0 heterocycles. The zero-order valence-corrected chi connectivity index (χ0v) is 21.3. The number of hydrogen-bond acceptors (Lipinski definition) is 5. The lowest BCUT2D eigenvalue weighted by atomic mass is 10.00. The van der Waals surface area contributed by atoms with E-state index in [9.17, 15) is 9.59 Å². The fourth-order valence-corrected chi connectivity index (χ4v) is 3.38. The highest BCUT2D eigenvalue weighted by atomic mass is 16.6. The summed E-state index contributed by atoms with van der Waals surface area (Å²) < 4.78 is 15.3. The summed E-state index contributed by atoms with van der Waals surface area (Å²) in [7, 11) is 0. The minimum atomic E-state index is -0.429. The molecule has 5 heteroatoms. The zero-order valence-electron chi connectivity index (χ0n) is 21.3. The van der Waals surface area contributed by atoms with Gasteiger partial charge in [-0.05, 0) is 49.1 Å². The van der Waals surface area contributed by atoms with Crippen LogP contribution in [0.3, 0.4) is 0 Å². The van der Waals surface area contributed by atoms with E-state index in [4.69, 9.17) is 14.2 Å². The number of ether oxygens (including phenoxy) is 3. The van der Waals surface area contributed by atoms with Crippen molar-refractivity contribution in [1.82, 2.24) is 0 Å². The average molecular weight is 481 g/mol. The molecule has 35 heavy (non-hydrogen) atoms. The van der Waals surface area contributed by atoms with Crippen LogP contribution in [0.5, 0.6) is 11.5 Å². The van der Waals surface area contributed by atoms with E-state index in [1.807, 2.05) is 42.5 Å². The van der Waals surface area contributed by atoms with Gasteiger partial charge in [-0.25, -0.2) is 9.59 Å². The normalized spacial score (nSPS) is 9.89. The zero-order chi connectivity index (χ0) is 25.7. The fraction of sp³-hybridized carbons (Fsp3) is 0.400. The van der Waals surface area contributed by atoms with Crippen molar-refractivity contribution in [1.29, 1.82) is 0 Å². The maximum Gasteiger partial charge on any atom is 0.335 e. The third-order valence-electron chi connectivity index (χ3n) is 5.28. The summed E-state index contributed by atoms with van der Waals surface area (Å²) in [5, 5.41) is 0. The van der Waals surface area contributed by atoms with E-state index in [2.05, 4.69) is 33.1 Å². The maximum absolute atomic E-state index is 11.4. The largest absolute Gasteiger partial charge is 0.490 e. The van der Waals surface area contributed by atoms with Crippen molar-refractivity contribution in [3.63, 3.8) is 0 Å². The Hall–Kier alpha value is -3.34. The van der Waals surface area contributed by atoms with Gasteiger partial charge in [-0.15, -0.1) is 0 Å². The van der Waals surface area contributed by atoms with Gasteiger partial charge in [0.1, 0.15) is 24.7 Å². The molecule has 0 aliphatic carbocycles. The molecule has 0 atom stereocenters. The first-order chi connectivity index (χ1) is 17.0. The van der Waals surface area contributed by atoms with Crippen LogP contribution < -0.4 is 9.47 Å². The Labute approximate surface area is 210 Å². The van der Waals surface area contributed by atoms with E-state index < -0.39 is 5.97 Å². The van der Waals surface area contributed by atoms with Crippen LogP contribution in [0.4, 0.5) is 0 Å². The van der Waals surface area contributed by atoms with Crippen molar-refractivity contribution >= 4 is 11.9 Å². The van der Waals surface area contributed by atoms with Crippen LogP contribution in [0.1, 0.15) is 63.0 Å². The highest BCUT2D eigenvalue weighted by Crippen LogP contribution is 2.25. The molecular formula is C30H40O5. The second-order valence-electron chi connectivity index (χ2n) is 8.08. The van der Waals surface area contributed by atoms with Gasteiger partial charge in [0.05, 0.1) is 0 Å². The van der Waals surface area contributed by atoms with Crippen LogP contribution in [-0.4, -0.2) is 25.2 Å². The predicted octanol–water partition coefficient (Wildman–Crippen LogP) is 7.17. The molecule has 2 aromatic rings. The van der Waals surface area contributed by atoms with E-state index in [0.717, 1.165) is 30.2 Å². The molecule has 0 spiro atoms. The molecule has 0 saturated carbocycles. The number of carbonyl (C=O) groups excluding carboxylic acids is 2. The standard InChI is InChI=1S/C19H28O2.C11H12O3/c1-4-6-7-8-9-10-11-14-17-16(3)13-12-15-18(17)21-19(20)5-2;1-2-11(12)14-9-8-13-10-6-4-3-5-7-10/h5,12-13,15H,2,4,6-11,14H2,1,3H3;2-7H,1,8-9H2. The molecule has 0 aliphatic rings. The van der Waals surface area contributed by atoms with Gasteiger partial charge in [0, 0.05) is 12.2 Å². The number of carbonyl (C=O) groups is 2. The second-order valence-corrected chi connectivity index (χ2v) is 8.08. The fourth-order valence-electron chi connectivity index (χ4n) is 3.38. The van der Waals surface area contributed by atoms with E-state index in [1.54, 1.807) is 0 Å². The molecule has 0 radical (unpaired) electrons. The SMILES string of the molecule is C=CC(=O)OCCOc1ccccc1.C=CC(=O)Oc1cccc(C)c1CCCCCCCCC. The first-order valence-electron chi connectivity index (χ1n) is 12.4. The topological polar surface area (TPSA) is 61.8 Å². The Balaban J connectivity index is 0.000000379. The van der Waals surface area contributed by atoms with Gasteiger partial charge in [-0.3, -0.25) is 0 Å². The van der Waals surface area contributed by atoms with Crippen LogP contribution in [0.15, 0.2) is 73.8 Å².